The van der Waals surface area contributed by atoms with E-state index < -0.39 is 0 Å². The Labute approximate surface area is 105 Å². The number of hydrogen-bond donors (Lipinski definition) is 1. The number of nitrogens with zero attached hydrogens (tertiary/aromatic N) is 3. The van der Waals surface area contributed by atoms with Crippen LogP contribution in [-0.2, 0) is 6.54 Å². The first-order valence-corrected chi connectivity index (χ1v) is 5.63. The van der Waals surface area contributed by atoms with Crippen molar-refractivity contribution in [2.75, 3.05) is 19.5 Å². The van der Waals surface area contributed by atoms with Crippen molar-refractivity contribution in [2.45, 2.75) is 13.5 Å². The Kier molecular flexibility index (Phi) is 3.66. The number of benzene rings is 1. The van der Waals surface area contributed by atoms with Gasteiger partial charge in [-0.05, 0) is 19.1 Å². The molecule has 0 aliphatic rings. The lowest BCUT2D eigenvalue weighted by Gasteiger charge is -2.10. The van der Waals surface area contributed by atoms with Gasteiger partial charge >= 0.3 is 0 Å². The van der Waals surface area contributed by atoms with Crippen molar-refractivity contribution < 1.29 is 9.47 Å². The van der Waals surface area contributed by atoms with Crippen LogP contribution < -0.4 is 15.2 Å². The van der Waals surface area contributed by atoms with Crippen LogP contribution in [0.2, 0.25) is 0 Å². The largest absolute Gasteiger partial charge is 0.493 e. The van der Waals surface area contributed by atoms with Gasteiger partial charge in [0.2, 0.25) is 0 Å². The highest BCUT2D eigenvalue weighted by Gasteiger charge is 2.06. The summed E-state index contributed by atoms with van der Waals surface area (Å²) >= 11 is 0. The third-order valence-electron chi connectivity index (χ3n) is 2.65. The third-order valence-corrected chi connectivity index (χ3v) is 2.65. The molecule has 2 aromatic rings. The molecule has 1 aromatic heterocycles. The number of anilines is 1. The SMILES string of the molecule is COc1ccccc1OCCn1nnc(N)c1C. The summed E-state index contributed by atoms with van der Waals surface area (Å²) in [7, 11) is 1.62. The number of rotatable bonds is 5. The first-order valence-electron chi connectivity index (χ1n) is 5.63. The molecule has 0 saturated heterocycles. The van der Waals surface area contributed by atoms with Crippen LogP contribution in [0, 0.1) is 6.92 Å². The van der Waals surface area contributed by atoms with E-state index in [0.717, 1.165) is 5.69 Å². The molecule has 96 valence electrons. The molecule has 6 nitrogen and oxygen atoms in total. The lowest BCUT2D eigenvalue weighted by molar-refractivity contribution is 0.272. The molecule has 1 heterocycles. The van der Waals surface area contributed by atoms with Gasteiger partial charge < -0.3 is 15.2 Å². The molecule has 0 amide bonds. The Morgan fingerprint density at radius 3 is 2.61 bits per heavy atom. The Balaban J connectivity index is 1.94. The Bertz CT molecular complexity index is 525. The van der Waals surface area contributed by atoms with E-state index in [-0.39, 0.29) is 0 Å². The van der Waals surface area contributed by atoms with E-state index in [2.05, 4.69) is 10.3 Å². The molecule has 0 atom stereocenters. The molecule has 1 aromatic carbocycles. The minimum absolute atomic E-state index is 0.451. The molecule has 2 N–H and O–H groups in total. The number of nitrogens with two attached hydrogens (primary N) is 1. The van der Waals surface area contributed by atoms with Gasteiger partial charge in [0.05, 0.1) is 19.3 Å². The van der Waals surface area contributed by atoms with E-state index in [0.29, 0.717) is 30.5 Å². The monoisotopic (exact) mass is 248 g/mol. The number of aromatic nitrogens is 3. The van der Waals surface area contributed by atoms with Gasteiger partial charge in [0.25, 0.3) is 0 Å². The normalized spacial score (nSPS) is 10.3. The van der Waals surface area contributed by atoms with Gasteiger partial charge in [-0.1, -0.05) is 17.3 Å². The van der Waals surface area contributed by atoms with Gasteiger partial charge in [-0.3, -0.25) is 0 Å². The van der Waals surface area contributed by atoms with Crippen LogP contribution >= 0.6 is 0 Å². The van der Waals surface area contributed by atoms with Crippen LogP contribution in [0.1, 0.15) is 5.69 Å². The van der Waals surface area contributed by atoms with Gasteiger partial charge in [0, 0.05) is 0 Å². The van der Waals surface area contributed by atoms with Crippen molar-refractivity contribution in [3.05, 3.63) is 30.0 Å². The highest BCUT2D eigenvalue weighted by Crippen LogP contribution is 2.25. The Morgan fingerprint density at radius 1 is 1.28 bits per heavy atom. The molecule has 0 spiro atoms. The smallest absolute Gasteiger partial charge is 0.168 e. The molecular weight excluding hydrogens is 232 g/mol. The first-order chi connectivity index (χ1) is 8.72. The van der Waals surface area contributed by atoms with Crippen molar-refractivity contribution in [1.82, 2.24) is 15.0 Å². The molecule has 0 saturated carbocycles. The van der Waals surface area contributed by atoms with E-state index in [1.807, 2.05) is 31.2 Å². The maximum atomic E-state index is 5.64. The minimum Gasteiger partial charge on any atom is -0.493 e. The minimum atomic E-state index is 0.451. The summed E-state index contributed by atoms with van der Waals surface area (Å²) in [6, 6.07) is 7.51. The molecule has 0 bridgehead atoms. The second kappa shape index (κ2) is 5.39. The highest BCUT2D eigenvalue weighted by molar-refractivity contribution is 5.39. The fraction of sp³-hybridized carbons (Fsp3) is 0.333. The lowest BCUT2D eigenvalue weighted by atomic mass is 10.3. The van der Waals surface area contributed by atoms with Gasteiger partial charge in [0.15, 0.2) is 17.3 Å². The highest BCUT2D eigenvalue weighted by atomic mass is 16.5. The summed E-state index contributed by atoms with van der Waals surface area (Å²) in [6.45, 7) is 2.94. The van der Waals surface area contributed by atoms with Crippen LogP contribution in [0.5, 0.6) is 11.5 Å². The molecule has 0 radical (unpaired) electrons. The third kappa shape index (κ3) is 2.53. The van der Waals surface area contributed by atoms with Gasteiger partial charge in [0.1, 0.15) is 6.61 Å². The fourth-order valence-corrected chi connectivity index (χ4v) is 1.57. The summed E-state index contributed by atoms with van der Waals surface area (Å²) in [5, 5.41) is 7.71. The van der Waals surface area contributed by atoms with Crippen LogP contribution in [0.3, 0.4) is 0 Å². The van der Waals surface area contributed by atoms with Crippen molar-refractivity contribution >= 4 is 5.82 Å². The summed E-state index contributed by atoms with van der Waals surface area (Å²) < 4.78 is 12.6. The van der Waals surface area contributed by atoms with E-state index in [9.17, 15) is 0 Å². The zero-order chi connectivity index (χ0) is 13.0. The summed E-state index contributed by atoms with van der Waals surface area (Å²) in [5.41, 5.74) is 6.46. The average Bonchev–Trinajstić information content (AvgIpc) is 2.71. The predicted molar refractivity (Wildman–Crippen MR) is 67.7 cm³/mol. The molecule has 0 aliphatic carbocycles. The molecule has 0 aliphatic heterocycles. The lowest BCUT2D eigenvalue weighted by Crippen LogP contribution is -2.11. The summed E-state index contributed by atoms with van der Waals surface area (Å²) in [5.74, 6) is 1.88. The fourth-order valence-electron chi connectivity index (χ4n) is 1.57. The molecule has 6 heteroatoms. The van der Waals surface area contributed by atoms with Gasteiger partial charge in [-0.25, -0.2) is 4.68 Å². The second-order valence-corrected chi connectivity index (χ2v) is 3.78. The maximum Gasteiger partial charge on any atom is 0.168 e. The zero-order valence-electron chi connectivity index (χ0n) is 10.5. The van der Waals surface area contributed by atoms with E-state index in [4.69, 9.17) is 15.2 Å². The Morgan fingerprint density at radius 2 is 2.00 bits per heavy atom. The van der Waals surface area contributed by atoms with Crippen LogP contribution in [0.15, 0.2) is 24.3 Å². The van der Waals surface area contributed by atoms with E-state index in [1.165, 1.54) is 0 Å². The number of methoxy groups -OCH3 is 1. The molecule has 0 fully saturated rings. The zero-order valence-corrected chi connectivity index (χ0v) is 10.5. The molecule has 0 unspecified atom stereocenters. The number of hydrogen-bond acceptors (Lipinski definition) is 5. The molecule has 2 rings (SSSR count). The van der Waals surface area contributed by atoms with Crippen molar-refractivity contribution in [1.29, 1.82) is 0 Å². The van der Waals surface area contributed by atoms with Crippen molar-refractivity contribution in [3.63, 3.8) is 0 Å². The maximum absolute atomic E-state index is 5.64. The Hall–Kier alpha value is -2.24. The van der Waals surface area contributed by atoms with E-state index in [1.54, 1.807) is 11.8 Å². The topological polar surface area (TPSA) is 75.2 Å². The van der Waals surface area contributed by atoms with Gasteiger partial charge in [-0.2, -0.15) is 0 Å². The predicted octanol–water partition coefficient (Wildman–Crippen LogP) is 1.26. The second-order valence-electron chi connectivity index (χ2n) is 3.78. The van der Waals surface area contributed by atoms with Crippen LogP contribution in [0.25, 0.3) is 0 Å². The van der Waals surface area contributed by atoms with Crippen molar-refractivity contribution in [3.8, 4) is 11.5 Å². The number of para-hydroxylation sites is 2. The number of ether oxygens (including phenoxy) is 2. The van der Waals surface area contributed by atoms with Gasteiger partial charge in [-0.15, -0.1) is 5.10 Å². The number of nitrogen functional groups attached to an aromatic ring is 1. The summed E-state index contributed by atoms with van der Waals surface area (Å²) in [6.07, 6.45) is 0. The quantitative estimate of drug-likeness (QED) is 0.862. The van der Waals surface area contributed by atoms with E-state index >= 15 is 0 Å². The summed E-state index contributed by atoms with van der Waals surface area (Å²) in [4.78, 5) is 0. The van der Waals surface area contributed by atoms with Crippen LogP contribution in [0.4, 0.5) is 5.82 Å². The van der Waals surface area contributed by atoms with Crippen molar-refractivity contribution in [2.24, 2.45) is 0 Å². The molecular formula is C12H16N4O2. The molecule has 18 heavy (non-hydrogen) atoms. The first kappa shape index (κ1) is 12.2. The standard InChI is InChI=1S/C12H16N4O2/c1-9-12(13)14-15-16(9)7-8-18-11-6-4-3-5-10(11)17-2/h3-6H,7-8,13H2,1-2H3. The average molecular weight is 248 g/mol. The van der Waals surface area contributed by atoms with Crippen LogP contribution in [-0.4, -0.2) is 28.7 Å².